The highest BCUT2D eigenvalue weighted by Gasteiger charge is 2.04. The molecule has 0 aliphatic carbocycles. The van der Waals surface area contributed by atoms with Gasteiger partial charge in [-0.15, -0.1) is 0 Å². The summed E-state index contributed by atoms with van der Waals surface area (Å²) in [5.41, 5.74) is 5.87. The van der Waals surface area contributed by atoms with Crippen molar-refractivity contribution in [2.45, 2.75) is 6.92 Å². The molecule has 0 fully saturated rings. The number of halogens is 2. The first kappa shape index (κ1) is 11.3. The van der Waals surface area contributed by atoms with E-state index < -0.39 is 0 Å². The minimum atomic E-state index is -0.293. The van der Waals surface area contributed by atoms with Gasteiger partial charge < -0.3 is 11.1 Å². The second-order valence-corrected chi connectivity index (χ2v) is 3.78. The lowest BCUT2D eigenvalue weighted by molar-refractivity contribution is 0.609. The van der Waals surface area contributed by atoms with Crippen molar-refractivity contribution in [1.82, 2.24) is 0 Å². The zero-order chi connectivity index (χ0) is 10.6. The molecular weight excluding hydrogens is 203 g/mol. The molecule has 0 aliphatic rings. The first-order chi connectivity index (χ1) is 6.63. The summed E-state index contributed by atoms with van der Waals surface area (Å²) >= 11 is 5.73. The Morgan fingerprint density at radius 1 is 1.57 bits per heavy atom. The molecule has 2 nitrogen and oxygen atoms in total. The van der Waals surface area contributed by atoms with Gasteiger partial charge in [-0.05, 0) is 30.7 Å². The number of hydrogen-bond acceptors (Lipinski definition) is 2. The first-order valence-corrected chi connectivity index (χ1v) is 4.90. The Hall–Kier alpha value is -0.800. The van der Waals surface area contributed by atoms with Crippen LogP contribution in [0.1, 0.15) is 6.92 Å². The highest BCUT2D eigenvalue weighted by atomic mass is 35.5. The van der Waals surface area contributed by atoms with Crippen molar-refractivity contribution in [3.8, 4) is 0 Å². The van der Waals surface area contributed by atoms with E-state index in [0.29, 0.717) is 29.7 Å². The Labute approximate surface area is 88.2 Å². The summed E-state index contributed by atoms with van der Waals surface area (Å²) in [5.74, 6) is 0.0204. The van der Waals surface area contributed by atoms with Gasteiger partial charge in [0.05, 0.1) is 5.69 Å². The van der Waals surface area contributed by atoms with Crippen LogP contribution in [0.15, 0.2) is 18.2 Å². The van der Waals surface area contributed by atoms with E-state index in [4.69, 9.17) is 17.3 Å². The number of nitrogens with one attached hydrogen (secondary N) is 1. The summed E-state index contributed by atoms with van der Waals surface area (Å²) in [6, 6.07) is 4.44. The minimum absolute atomic E-state index is 0.293. The molecule has 0 saturated heterocycles. The Bertz CT molecular complexity index is 304. The van der Waals surface area contributed by atoms with Crippen LogP contribution in [0.25, 0.3) is 0 Å². The first-order valence-electron chi connectivity index (χ1n) is 4.52. The van der Waals surface area contributed by atoms with Crippen LogP contribution in [-0.2, 0) is 0 Å². The van der Waals surface area contributed by atoms with Crippen molar-refractivity contribution in [1.29, 1.82) is 0 Å². The Balaban J connectivity index is 2.62. The van der Waals surface area contributed by atoms with E-state index in [9.17, 15) is 4.39 Å². The van der Waals surface area contributed by atoms with E-state index in [-0.39, 0.29) is 5.82 Å². The molecule has 0 bridgehead atoms. The fourth-order valence-corrected chi connectivity index (χ4v) is 1.17. The molecule has 0 amide bonds. The van der Waals surface area contributed by atoms with Gasteiger partial charge in [-0.1, -0.05) is 18.5 Å². The third kappa shape index (κ3) is 3.16. The van der Waals surface area contributed by atoms with Gasteiger partial charge in [-0.2, -0.15) is 0 Å². The molecule has 14 heavy (non-hydrogen) atoms. The lowest BCUT2D eigenvalue weighted by Crippen LogP contribution is -2.20. The number of benzene rings is 1. The standard InChI is InChI=1S/C10H14ClFN2/c1-7(5-13)6-14-10-4-8(11)2-3-9(10)12/h2-4,7,14H,5-6,13H2,1H3. The molecule has 1 unspecified atom stereocenters. The largest absolute Gasteiger partial charge is 0.382 e. The van der Waals surface area contributed by atoms with Crippen molar-refractivity contribution < 1.29 is 4.39 Å². The Kier molecular flexibility index (Phi) is 4.17. The van der Waals surface area contributed by atoms with Gasteiger partial charge in [0.15, 0.2) is 0 Å². The summed E-state index contributed by atoms with van der Waals surface area (Å²) in [7, 11) is 0. The van der Waals surface area contributed by atoms with Gasteiger partial charge in [0, 0.05) is 11.6 Å². The van der Waals surface area contributed by atoms with Crippen molar-refractivity contribution in [3.05, 3.63) is 29.0 Å². The summed E-state index contributed by atoms with van der Waals surface area (Å²) in [6.45, 7) is 3.22. The van der Waals surface area contributed by atoms with E-state index in [1.807, 2.05) is 6.92 Å². The maximum absolute atomic E-state index is 13.2. The molecular formula is C10H14ClFN2. The van der Waals surface area contributed by atoms with Crippen LogP contribution in [0.3, 0.4) is 0 Å². The molecule has 0 aromatic heterocycles. The maximum atomic E-state index is 13.2. The molecule has 3 N–H and O–H groups in total. The van der Waals surface area contributed by atoms with Gasteiger partial charge >= 0.3 is 0 Å². The fourth-order valence-electron chi connectivity index (χ4n) is 1.00. The second kappa shape index (κ2) is 5.17. The summed E-state index contributed by atoms with van der Waals surface area (Å²) in [5, 5.41) is 3.49. The van der Waals surface area contributed by atoms with Crippen LogP contribution >= 0.6 is 11.6 Å². The molecule has 0 saturated carbocycles. The topological polar surface area (TPSA) is 38.0 Å². The van der Waals surface area contributed by atoms with Crippen LogP contribution in [0.5, 0.6) is 0 Å². The van der Waals surface area contributed by atoms with E-state index in [1.165, 1.54) is 12.1 Å². The Morgan fingerprint density at radius 3 is 2.93 bits per heavy atom. The SMILES string of the molecule is CC(CN)CNc1cc(Cl)ccc1F. The third-order valence-electron chi connectivity index (χ3n) is 1.97. The highest BCUT2D eigenvalue weighted by molar-refractivity contribution is 6.30. The highest BCUT2D eigenvalue weighted by Crippen LogP contribution is 2.19. The number of anilines is 1. The third-order valence-corrected chi connectivity index (χ3v) is 2.21. The molecule has 1 aromatic carbocycles. The maximum Gasteiger partial charge on any atom is 0.146 e. The van der Waals surface area contributed by atoms with E-state index in [2.05, 4.69) is 5.32 Å². The van der Waals surface area contributed by atoms with E-state index in [0.717, 1.165) is 0 Å². The predicted molar refractivity (Wildman–Crippen MR) is 58.1 cm³/mol. The minimum Gasteiger partial charge on any atom is -0.382 e. The number of nitrogens with two attached hydrogens (primary N) is 1. The molecule has 0 aliphatic heterocycles. The van der Waals surface area contributed by atoms with Gasteiger partial charge in [0.1, 0.15) is 5.82 Å². The summed E-state index contributed by atoms with van der Waals surface area (Å²) in [6.07, 6.45) is 0. The molecule has 1 rings (SSSR count). The van der Waals surface area contributed by atoms with Gasteiger partial charge in [-0.3, -0.25) is 0 Å². The fraction of sp³-hybridized carbons (Fsp3) is 0.400. The lowest BCUT2D eigenvalue weighted by Gasteiger charge is -2.11. The summed E-state index contributed by atoms with van der Waals surface area (Å²) in [4.78, 5) is 0. The normalized spacial score (nSPS) is 12.6. The van der Waals surface area contributed by atoms with Crippen molar-refractivity contribution >= 4 is 17.3 Å². The van der Waals surface area contributed by atoms with E-state index >= 15 is 0 Å². The molecule has 1 aromatic rings. The number of hydrogen-bond donors (Lipinski definition) is 2. The van der Waals surface area contributed by atoms with Crippen molar-refractivity contribution in [3.63, 3.8) is 0 Å². The molecule has 1 atom stereocenters. The van der Waals surface area contributed by atoms with Gasteiger partial charge in [0.25, 0.3) is 0 Å². The smallest absolute Gasteiger partial charge is 0.146 e. The van der Waals surface area contributed by atoms with Gasteiger partial charge in [-0.25, -0.2) is 4.39 Å². The molecule has 0 radical (unpaired) electrons. The Morgan fingerprint density at radius 2 is 2.29 bits per heavy atom. The second-order valence-electron chi connectivity index (χ2n) is 3.35. The quantitative estimate of drug-likeness (QED) is 0.812. The van der Waals surface area contributed by atoms with E-state index in [1.54, 1.807) is 6.07 Å². The molecule has 4 heteroatoms. The van der Waals surface area contributed by atoms with Crippen LogP contribution in [-0.4, -0.2) is 13.1 Å². The lowest BCUT2D eigenvalue weighted by atomic mass is 10.2. The number of rotatable bonds is 4. The predicted octanol–water partition coefficient (Wildman–Crippen LogP) is 2.49. The molecule has 78 valence electrons. The summed E-state index contributed by atoms with van der Waals surface area (Å²) < 4.78 is 13.2. The van der Waals surface area contributed by atoms with Crippen molar-refractivity contribution in [2.24, 2.45) is 11.7 Å². The zero-order valence-corrected chi connectivity index (χ0v) is 8.81. The van der Waals surface area contributed by atoms with Crippen LogP contribution in [0, 0.1) is 11.7 Å². The zero-order valence-electron chi connectivity index (χ0n) is 8.06. The van der Waals surface area contributed by atoms with Crippen LogP contribution < -0.4 is 11.1 Å². The molecule has 0 spiro atoms. The van der Waals surface area contributed by atoms with Gasteiger partial charge in [0.2, 0.25) is 0 Å². The van der Waals surface area contributed by atoms with Crippen LogP contribution in [0.4, 0.5) is 10.1 Å². The average molecular weight is 217 g/mol. The average Bonchev–Trinajstić information content (AvgIpc) is 2.19. The van der Waals surface area contributed by atoms with Crippen molar-refractivity contribution in [2.75, 3.05) is 18.4 Å². The van der Waals surface area contributed by atoms with Crippen LogP contribution in [0.2, 0.25) is 5.02 Å². The molecule has 0 heterocycles. The monoisotopic (exact) mass is 216 g/mol.